The largest absolute Gasteiger partial charge is 0.497 e. The van der Waals surface area contributed by atoms with Crippen molar-refractivity contribution in [3.8, 4) is 11.5 Å². The van der Waals surface area contributed by atoms with E-state index in [1.165, 1.54) is 7.11 Å². The van der Waals surface area contributed by atoms with Crippen molar-refractivity contribution in [3.63, 3.8) is 0 Å². The van der Waals surface area contributed by atoms with Crippen molar-refractivity contribution in [1.29, 1.82) is 0 Å². The first-order valence-corrected chi connectivity index (χ1v) is 8.89. The smallest absolute Gasteiger partial charge is 0.339 e. The van der Waals surface area contributed by atoms with Crippen molar-refractivity contribution >= 4 is 16.9 Å². The molecule has 0 saturated carbocycles. The van der Waals surface area contributed by atoms with E-state index in [1.54, 1.807) is 13.2 Å². The Hall–Kier alpha value is -3.54. The second kappa shape index (κ2) is 7.23. The number of carbonyl (C=O) groups excluding carboxylic acids is 1. The van der Waals surface area contributed by atoms with Crippen molar-refractivity contribution in [3.05, 3.63) is 77.3 Å². The Labute approximate surface area is 162 Å². The molecule has 1 aliphatic heterocycles. The van der Waals surface area contributed by atoms with E-state index in [2.05, 4.69) is 0 Å². The number of para-hydroxylation sites is 1. The zero-order valence-corrected chi connectivity index (χ0v) is 15.6. The van der Waals surface area contributed by atoms with Crippen molar-refractivity contribution in [2.75, 3.05) is 14.2 Å². The van der Waals surface area contributed by atoms with Gasteiger partial charge in [0.2, 0.25) is 5.88 Å². The minimum absolute atomic E-state index is 0.0402. The van der Waals surface area contributed by atoms with Crippen LogP contribution in [0.2, 0.25) is 0 Å². The molecule has 0 fully saturated rings. The topological polar surface area (TPSA) is 83.7 Å². The summed E-state index contributed by atoms with van der Waals surface area (Å²) >= 11 is 0. The molecule has 0 aliphatic carbocycles. The van der Waals surface area contributed by atoms with Crippen LogP contribution in [0.1, 0.15) is 17.2 Å². The van der Waals surface area contributed by atoms with Crippen LogP contribution in [0.3, 0.4) is 0 Å². The molecule has 2 N–H and O–H groups in total. The predicted molar refractivity (Wildman–Crippen MR) is 105 cm³/mol. The molecule has 0 amide bonds. The summed E-state index contributed by atoms with van der Waals surface area (Å²) in [5.74, 6) is 0.407. The van der Waals surface area contributed by atoms with Crippen LogP contribution in [0, 0.1) is 0 Å². The average molecular weight is 376 g/mol. The molecular formula is C22H20N2O4. The van der Waals surface area contributed by atoms with Gasteiger partial charge in [-0.2, -0.15) is 0 Å². The second-order valence-corrected chi connectivity index (χ2v) is 6.53. The number of pyridine rings is 1. The van der Waals surface area contributed by atoms with Gasteiger partial charge in [-0.25, -0.2) is 4.79 Å². The van der Waals surface area contributed by atoms with Crippen LogP contribution in [0.15, 0.2) is 66.1 Å². The molecule has 1 atom stereocenters. The second-order valence-electron chi connectivity index (χ2n) is 6.53. The molecule has 4 rings (SSSR count). The SMILES string of the molecule is COC(=O)C1=C(N)Oc2cc(OC)ccc2C1Cc1ccc2ccccc2n1. The third-order valence-electron chi connectivity index (χ3n) is 4.90. The van der Waals surface area contributed by atoms with Crippen LogP contribution in [0.4, 0.5) is 0 Å². The van der Waals surface area contributed by atoms with Crippen LogP contribution in [-0.2, 0) is 16.0 Å². The summed E-state index contributed by atoms with van der Waals surface area (Å²) in [7, 11) is 2.91. The number of aromatic nitrogens is 1. The van der Waals surface area contributed by atoms with Gasteiger partial charge in [0.1, 0.15) is 17.1 Å². The lowest BCUT2D eigenvalue weighted by Gasteiger charge is -2.28. The van der Waals surface area contributed by atoms with E-state index in [4.69, 9.17) is 24.9 Å². The first-order valence-electron chi connectivity index (χ1n) is 8.89. The van der Waals surface area contributed by atoms with Crippen molar-refractivity contribution in [2.45, 2.75) is 12.3 Å². The van der Waals surface area contributed by atoms with Crippen LogP contribution in [0.5, 0.6) is 11.5 Å². The fourth-order valence-corrected chi connectivity index (χ4v) is 3.51. The standard InChI is InChI=1S/C22H20N2O4/c1-26-15-9-10-16-17(20(22(25)27-2)21(23)28-19(16)12-15)11-14-8-7-13-5-3-4-6-18(13)24-14/h3-10,12,17H,11,23H2,1-2H3. The maximum absolute atomic E-state index is 12.4. The zero-order valence-electron chi connectivity index (χ0n) is 15.6. The van der Waals surface area contributed by atoms with Gasteiger partial charge in [-0.05, 0) is 18.2 Å². The third kappa shape index (κ3) is 3.13. The van der Waals surface area contributed by atoms with Crippen molar-refractivity contribution in [2.24, 2.45) is 5.73 Å². The number of methoxy groups -OCH3 is 2. The van der Waals surface area contributed by atoms with E-state index in [0.717, 1.165) is 22.2 Å². The molecule has 0 radical (unpaired) electrons. The molecule has 6 nitrogen and oxygen atoms in total. The van der Waals surface area contributed by atoms with Gasteiger partial charge in [0.15, 0.2) is 0 Å². The van der Waals surface area contributed by atoms with Crippen molar-refractivity contribution < 1.29 is 19.0 Å². The molecule has 6 heteroatoms. The summed E-state index contributed by atoms with van der Waals surface area (Å²) in [5, 5.41) is 1.06. The number of rotatable bonds is 4. The number of nitrogens with two attached hydrogens (primary N) is 1. The van der Waals surface area contributed by atoms with Crippen LogP contribution >= 0.6 is 0 Å². The lowest BCUT2D eigenvalue weighted by Crippen LogP contribution is -2.27. The van der Waals surface area contributed by atoms with Gasteiger partial charge in [-0.3, -0.25) is 4.98 Å². The zero-order chi connectivity index (χ0) is 19.7. The minimum atomic E-state index is -0.509. The number of carbonyl (C=O) groups is 1. The lowest BCUT2D eigenvalue weighted by molar-refractivity contribution is -0.136. The molecule has 1 unspecified atom stereocenters. The Morgan fingerprint density at radius 2 is 1.96 bits per heavy atom. The number of benzene rings is 2. The summed E-state index contributed by atoms with van der Waals surface area (Å²) in [5.41, 5.74) is 8.98. The van der Waals surface area contributed by atoms with E-state index in [-0.39, 0.29) is 11.8 Å². The number of nitrogens with zero attached hydrogens (tertiary/aromatic N) is 1. The highest BCUT2D eigenvalue weighted by molar-refractivity contribution is 5.91. The van der Waals surface area contributed by atoms with Gasteiger partial charge in [-0.1, -0.05) is 30.3 Å². The fourth-order valence-electron chi connectivity index (χ4n) is 3.51. The van der Waals surface area contributed by atoms with E-state index >= 15 is 0 Å². The van der Waals surface area contributed by atoms with Crippen molar-refractivity contribution in [1.82, 2.24) is 4.98 Å². The van der Waals surface area contributed by atoms with E-state index < -0.39 is 5.97 Å². The number of hydrogen-bond acceptors (Lipinski definition) is 6. The molecule has 1 aliphatic rings. The van der Waals surface area contributed by atoms with Gasteiger partial charge < -0.3 is 19.9 Å². The van der Waals surface area contributed by atoms with Crippen LogP contribution in [0.25, 0.3) is 10.9 Å². The summed E-state index contributed by atoms with van der Waals surface area (Å²) in [6, 6.07) is 17.4. The third-order valence-corrected chi connectivity index (χ3v) is 4.90. The monoisotopic (exact) mass is 376 g/mol. The Morgan fingerprint density at radius 3 is 2.75 bits per heavy atom. The first-order chi connectivity index (χ1) is 13.6. The Kier molecular flexibility index (Phi) is 4.61. The molecule has 2 heterocycles. The average Bonchev–Trinajstić information content (AvgIpc) is 2.72. The van der Waals surface area contributed by atoms with E-state index in [0.29, 0.717) is 23.5 Å². The summed E-state index contributed by atoms with van der Waals surface area (Å²) < 4.78 is 15.9. The molecule has 0 saturated heterocycles. The Morgan fingerprint density at radius 1 is 1.14 bits per heavy atom. The van der Waals surface area contributed by atoms with Crippen LogP contribution in [-0.4, -0.2) is 25.2 Å². The maximum atomic E-state index is 12.4. The number of fused-ring (bicyclic) bond motifs is 2. The predicted octanol–water partition coefficient (Wildman–Crippen LogP) is 3.31. The number of ether oxygens (including phenoxy) is 3. The van der Waals surface area contributed by atoms with E-state index in [9.17, 15) is 4.79 Å². The highest BCUT2D eigenvalue weighted by Crippen LogP contribution is 2.42. The normalized spacial score (nSPS) is 15.7. The van der Waals surface area contributed by atoms with Gasteiger partial charge >= 0.3 is 5.97 Å². The summed E-state index contributed by atoms with van der Waals surface area (Å²) in [4.78, 5) is 17.2. The molecular weight excluding hydrogens is 356 g/mol. The van der Waals surface area contributed by atoms with Crippen LogP contribution < -0.4 is 15.2 Å². The fraction of sp³-hybridized carbons (Fsp3) is 0.182. The lowest BCUT2D eigenvalue weighted by atomic mass is 9.85. The highest BCUT2D eigenvalue weighted by Gasteiger charge is 2.34. The van der Waals surface area contributed by atoms with E-state index in [1.807, 2.05) is 48.5 Å². The first kappa shape index (κ1) is 17.9. The molecule has 0 bridgehead atoms. The van der Waals surface area contributed by atoms with Gasteiger partial charge in [0.25, 0.3) is 0 Å². The molecule has 2 aromatic carbocycles. The summed E-state index contributed by atoms with van der Waals surface area (Å²) in [6.45, 7) is 0. The van der Waals surface area contributed by atoms with Gasteiger partial charge in [0.05, 0.1) is 19.7 Å². The molecule has 0 spiro atoms. The molecule has 142 valence electrons. The highest BCUT2D eigenvalue weighted by atomic mass is 16.5. The van der Waals surface area contributed by atoms with Gasteiger partial charge in [-0.15, -0.1) is 0 Å². The molecule has 28 heavy (non-hydrogen) atoms. The quantitative estimate of drug-likeness (QED) is 0.704. The maximum Gasteiger partial charge on any atom is 0.339 e. The minimum Gasteiger partial charge on any atom is -0.497 e. The Bertz CT molecular complexity index is 1090. The molecule has 3 aromatic rings. The summed E-state index contributed by atoms with van der Waals surface area (Å²) in [6.07, 6.45) is 0.485. The van der Waals surface area contributed by atoms with Gasteiger partial charge in [0, 0.05) is 35.0 Å². The number of hydrogen-bond donors (Lipinski definition) is 1. The number of esters is 1. The Balaban J connectivity index is 1.79. The molecule has 1 aromatic heterocycles.